The molecule has 2 nitrogen and oxygen atoms in total. The molecule has 4 aromatic carbocycles. The summed E-state index contributed by atoms with van der Waals surface area (Å²) in [7, 11) is 2.16. The topological polar surface area (TPSA) is 9.86 Å². The van der Waals surface area contributed by atoms with E-state index in [1.165, 1.54) is 54.9 Å². The van der Waals surface area contributed by atoms with Crippen molar-refractivity contribution < 1.29 is 0 Å². The zero-order chi connectivity index (χ0) is 20.8. The first-order chi connectivity index (χ1) is 14.7. The Morgan fingerprint density at radius 3 is 1.93 bits per heavy atom. The van der Waals surface area contributed by atoms with E-state index < -0.39 is 0 Å². The van der Waals surface area contributed by atoms with Gasteiger partial charge in [0, 0.05) is 39.8 Å². The number of aromatic nitrogens is 2. The van der Waals surface area contributed by atoms with Gasteiger partial charge in [0.05, 0.1) is 16.6 Å². The summed E-state index contributed by atoms with van der Waals surface area (Å²) < 4.78 is 4.74. The SMILES string of the molecule is CC.Cc1ccc(-n2c3ccccc3c3ccc4c(c5ccccc5n4C)c32)cc1. The molecule has 0 saturated heterocycles. The fraction of sp³-hybridized carbons (Fsp3) is 0.143. The van der Waals surface area contributed by atoms with Gasteiger partial charge < -0.3 is 9.13 Å². The molecule has 2 aromatic heterocycles. The molecule has 0 spiro atoms. The van der Waals surface area contributed by atoms with Crippen molar-refractivity contribution in [3.05, 3.63) is 90.5 Å². The van der Waals surface area contributed by atoms with E-state index in [1.807, 2.05) is 13.8 Å². The maximum absolute atomic E-state index is 2.43. The standard InChI is InChI=1S/C26H20N2.C2H6/c1-17-11-13-18(14-12-17)28-23-10-6-3-7-19(23)20-15-16-24-25(26(20)28)21-8-4-5-9-22(21)27(24)2;1-2/h3-16H,1-2H3;1-2H3. The van der Waals surface area contributed by atoms with E-state index in [-0.39, 0.29) is 0 Å². The number of rotatable bonds is 1. The Bertz CT molecular complexity index is 1510. The molecule has 148 valence electrons. The van der Waals surface area contributed by atoms with Crippen LogP contribution in [-0.2, 0) is 7.05 Å². The van der Waals surface area contributed by atoms with Crippen molar-refractivity contribution in [2.45, 2.75) is 20.8 Å². The molecule has 0 aliphatic carbocycles. The Kier molecular flexibility index (Phi) is 4.36. The second-order valence-corrected chi connectivity index (χ2v) is 7.62. The molecule has 30 heavy (non-hydrogen) atoms. The molecule has 0 radical (unpaired) electrons. The first-order valence-electron chi connectivity index (χ1n) is 10.7. The Balaban J connectivity index is 0.000000937. The maximum atomic E-state index is 2.43. The van der Waals surface area contributed by atoms with Gasteiger partial charge in [0.2, 0.25) is 0 Å². The first kappa shape index (κ1) is 18.5. The van der Waals surface area contributed by atoms with Gasteiger partial charge in [-0.05, 0) is 37.3 Å². The summed E-state index contributed by atoms with van der Waals surface area (Å²) in [6, 6.07) is 30.8. The van der Waals surface area contributed by atoms with Crippen molar-refractivity contribution in [3.63, 3.8) is 0 Å². The third kappa shape index (κ3) is 2.50. The van der Waals surface area contributed by atoms with E-state index in [2.05, 4.69) is 108 Å². The molecule has 0 aliphatic heterocycles. The summed E-state index contributed by atoms with van der Waals surface area (Å²) in [6.07, 6.45) is 0. The smallest absolute Gasteiger partial charge is 0.0641 e. The van der Waals surface area contributed by atoms with E-state index in [0.717, 1.165) is 0 Å². The van der Waals surface area contributed by atoms with E-state index in [4.69, 9.17) is 0 Å². The van der Waals surface area contributed by atoms with Gasteiger partial charge in [-0.3, -0.25) is 0 Å². The summed E-state index contributed by atoms with van der Waals surface area (Å²) in [5, 5.41) is 5.24. The number of aryl methyl sites for hydroxylation is 2. The highest BCUT2D eigenvalue weighted by molar-refractivity contribution is 6.25. The van der Waals surface area contributed by atoms with Crippen LogP contribution in [0.15, 0.2) is 84.9 Å². The fourth-order valence-corrected chi connectivity index (χ4v) is 4.66. The quantitative estimate of drug-likeness (QED) is 0.271. The molecule has 0 amide bonds. The number of benzene rings is 4. The minimum atomic E-state index is 1.21. The highest BCUT2D eigenvalue weighted by atomic mass is 15.0. The molecular formula is C28H26N2. The van der Waals surface area contributed by atoms with E-state index >= 15 is 0 Å². The molecule has 0 fully saturated rings. The van der Waals surface area contributed by atoms with Crippen LogP contribution in [0.5, 0.6) is 0 Å². The molecule has 2 heteroatoms. The van der Waals surface area contributed by atoms with Crippen molar-refractivity contribution in [3.8, 4) is 5.69 Å². The highest BCUT2D eigenvalue weighted by Crippen LogP contribution is 2.40. The maximum Gasteiger partial charge on any atom is 0.0641 e. The molecule has 6 rings (SSSR count). The number of fused-ring (bicyclic) bond motifs is 7. The number of nitrogens with zero attached hydrogens (tertiary/aromatic N) is 2. The van der Waals surface area contributed by atoms with Crippen LogP contribution >= 0.6 is 0 Å². The Hall–Kier alpha value is -3.52. The largest absolute Gasteiger partial charge is 0.344 e. The van der Waals surface area contributed by atoms with Crippen molar-refractivity contribution in [1.82, 2.24) is 9.13 Å². The zero-order valence-electron chi connectivity index (χ0n) is 18.0. The van der Waals surface area contributed by atoms with Crippen molar-refractivity contribution in [2.24, 2.45) is 7.05 Å². The van der Waals surface area contributed by atoms with Crippen LogP contribution in [0.25, 0.3) is 49.3 Å². The number of hydrogen-bond acceptors (Lipinski definition) is 0. The first-order valence-corrected chi connectivity index (χ1v) is 10.7. The van der Waals surface area contributed by atoms with Crippen LogP contribution in [0.4, 0.5) is 0 Å². The van der Waals surface area contributed by atoms with Gasteiger partial charge in [-0.2, -0.15) is 0 Å². The Morgan fingerprint density at radius 2 is 1.20 bits per heavy atom. The minimum absolute atomic E-state index is 1.21. The van der Waals surface area contributed by atoms with Crippen LogP contribution in [-0.4, -0.2) is 9.13 Å². The molecule has 0 atom stereocenters. The normalized spacial score (nSPS) is 11.3. The summed E-state index contributed by atoms with van der Waals surface area (Å²) >= 11 is 0. The van der Waals surface area contributed by atoms with Crippen LogP contribution in [0.2, 0.25) is 0 Å². The average molecular weight is 391 g/mol. The van der Waals surface area contributed by atoms with Crippen LogP contribution < -0.4 is 0 Å². The third-order valence-electron chi connectivity index (χ3n) is 6.00. The van der Waals surface area contributed by atoms with Crippen molar-refractivity contribution in [1.29, 1.82) is 0 Å². The second kappa shape index (κ2) is 7.07. The summed E-state index contributed by atoms with van der Waals surface area (Å²) in [5.74, 6) is 0. The van der Waals surface area contributed by atoms with E-state index in [9.17, 15) is 0 Å². The molecule has 0 aliphatic rings. The summed E-state index contributed by atoms with van der Waals surface area (Å²) in [6.45, 7) is 6.14. The van der Waals surface area contributed by atoms with Gasteiger partial charge in [0.1, 0.15) is 0 Å². The molecule has 0 unspecified atom stereocenters. The predicted molar refractivity (Wildman–Crippen MR) is 131 cm³/mol. The molecule has 2 heterocycles. The van der Waals surface area contributed by atoms with Gasteiger partial charge in [0.15, 0.2) is 0 Å². The molecular weight excluding hydrogens is 364 g/mol. The minimum Gasteiger partial charge on any atom is -0.344 e. The predicted octanol–water partition coefficient (Wildman–Crippen LogP) is 7.76. The second-order valence-electron chi connectivity index (χ2n) is 7.62. The summed E-state index contributed by atoms with van der Waals surface area (Å²) in [5.41, 5.74) is 7.56. The van der Waals surface area contributed by atoms with Crippen LogP contribution in [0, 0.1) is 6.92 Å². The van der Waals surface area contributed by atoms with Crippen LogP contribution in [0.1, 0.15) is 19.4 Å². The van der Waals surface area contributed by atoms with Gasteiger partial charge in [-0.1, -0.05) is 74.0 Å². The lowest BCUT2D eigenvalue weighted by molar-refractivity contribution is 1.01. The molecule has 0 saturated carbocycles. The van der Waals surface area contributed by atoms with Gasteiger partial charge in [-0.15, -0.1) is 0 Å². The zero-order valence-corrected chi connectivity index (χ0v) is 18.0. The van der Waals surface area contributed by atoms with Crippen LogP contribution in [0.3, 0.4) is 0 Å². The lowest BCUT2D eigenvalue weighted by Gasteiger charge is -2.09. The Morgan fingerprint density at radius 1 is 0.567 bits per heavy atom. The van der Waals surface area contributed by atoms with Gasteiger partial charge in [0.25, 0.3) is 0 Å². The number of hydrogen-bond donors (Lipinski definition) is 0. The summed E-state index contributed by atoms with van der Waals surface area (Å²) in [4.78, 5) is 0. The van der Waals surface area contributed by atoms with Crippen molar-refractivity contribution >= 4 is 43.6 Å². The van der Waals surface area contributed by atoms with Gasteiger partial charge >= 0.3 is 0 Å². The molecule has 0 bridgehead atoms. The molecule has 6 aromatic rings. The van der Waals surface area contributed by atoms with E-state index in [1.54, 1.807) is 0 Å². The average Bonchev–Trinajstić information content (AvgIpc) is 3.29. The molecule has 0 N–H and O–H groups in total. The third-order valence-corrected chi connectivity index (χ3v) is 6.00. The van der Waals surface area contributed by atoms with E-state index in [0.29, 0.717) is 0 Å². The monoisotopic (exact) mass is 390 g/mol. The Labute approximate surface area is 177 Å². The van der Waals surface area contributed by atoms with Crippen molar-refractivity contribution in [2.75, 3.05) is 0 Å². The fourth-order valence-electron chi connectivity index (χ4n) is 4.66. The number of para-hydroxylation sites is 2. The van der Waals surface area contributed by atoms with Gasteiger partial charge in [-0.25, -0.2) is 0 Å². The lowest BCUT2D eigenvalue weighted by atomic mass is 10.1. The highest BCUT2D eigenvalue weighted by Gasteiger charge is 2.18. The lowest BCUT2D eigenvalue weighted by Crippen LogP contribution is -1.94.